The molecule has 1 fully saturated rings. The van der Waals surface area contributed by atoms with Crippen molar-refractivity contribution in [1.82, 2.24) is 4.90 Å². The summed E-state index contributed by atoms with van der Waals surface area (Å²) in [6.45, 7) is 1.82. The van der Waals surface area contributed by atoms with Gasteiger partial charge in [-0.15, -0.1) is 0 Å². The van der Waals surface area contributed by atoms with Crippen LogP contribution in [0.2, 0.25) is 0 Å². The van der Waals surface area contributed by atoms with E-state index in [4.69, 9.17) is 0 Å². The zero-order valence-electron chi connectivity index (χ0n) is 12.3. The van der Waals surface area contributed by atoms with Gasteiger partial charge < -0.3 is 10.2 Å². The smallest absolute Gasteiger partial charge is 0.292 e. The second-order valence-corrected chi connectivity index (χ2v) is 5.67. The van der Waals surface area contributed by atoms with Gasteiger partial charge in [0.2, 0.25) is 0 Å². The van der Waals surface area contributed by atoms with Crippen molar-refractivity contribution in [3.8, 4) is 0 Å². The zero-order chi connectivity index (χ0) is 14.5. The first kappa shape index (κ1) is 14.8. The molecule has 0 amide bonds. The second-order valence-electron chi connectivity index (χ2n) is 5.67. The fraction of sp³-hybridized carbons (Fsp3) is 0.600. The first-order valence-corrected chi connectivity index (χ1v) is 7.24. The quantitative estimate of drug-likeness (QED) is 0.640. The SMILES string of the molecule is CNc1c(CN(C)CC2CCCC2)cccc1[N+](=O)[O-]. The van der Waals surface area contributed by atoms with Gasteiger partial charge in [0, 0.05) is 26.2 Å². The fourth-order valence-corrected chi connectivity index (χ4v) is 3.15. The van der Waals surface area contributed by atoms with Crippen molar-refractivity contribution in [2.75, 3.05) is 26.0 Å². The third-order valence-corrected chi connectivity index (χ3v) is 4.06. The molecule has 0 radical (unpaired) electrons. The molecule has 0 bridgehead atoms. The van der Waals surface area contributed by atoms with Crippen LogP contribution in [0.3, 0.4) is 0 Å². The number of para-hydroxylation sites is 1. The van der Waals surface area contributed by atoms with Crippen molar-refractivity contribution < 1.29 is 4.92 Å². The third kappa shape index (κ3) is 3.48. The van der Waals surface area contributed by atoms with Crippen LogP contribution >= 0.6 is 0 Å². The molecular formula is C15H23N3O2. The van der Waals surface area contributed by atoms with Crippen molar-refractivity contribution in [3.63, 3.8) is 0 Å². The molecule has 2 rings (SSSR count). The average molecular weight is 277 g/mol. The summed E-state index contributed by atoms with van der Waals surface area (Å²) in [5, 5.41) is 14.0. The van der Waals surface area contributed by atoms with Crippen LogP contribution in [0.1, 0.15) is 31.2 Å². The van der Waals surface area contributed by atoms with Gasteiger partial charge in [-0.3, -0.25) is 10.1 Å². The molecule has 0 heterocycles. The minimum Gasteiger partial charge on any atom is -0.382 e. The summed E-state index contributed by atoms with van der Waals surface area (Å²) in [6, 6.07) is 5.27. The molecule has 5 heteroatoms. The lowest BCUT2D eigenvalue weighted by atomic mass is 10.1. The van der Waals surface area contributed by atoms with Gasteiger partial charge in [-0.25, -0.2) is 0 Å². The molecule has 0 atom stereocenters. The van der Waals surface area contributed by atoms with E-state index in [0.717, 1.165) is 24.6 Å². The number of nitrogens with zero attached hydrogens (tertiary/aromatic N) is 2. The number of anilines is 1. The zero-order valence-corrected chi connectivity index (χ0v) is 12.3. The summed E-state index contributed by atoms with van der Waals surface area (Å²) in [5.74, 6) is 0.789. The van der Waals surface area contributed by atoms with E-state index >= 15 is 0 Å². The Bertz CT molecular complexity index is 470. The summed E-state index contributed by atoms with van der Waals surface area (Å²) in [4.78, 5) is 13.0. The van der Waals surface area contributed by atoms with Crippen LogP contribution in [-0.2, 0) is 6.54 Å². The Morgan fingerprint density at radius 1 is 1.40 bits per heavy atom. The maximum absolute atomic E-state index is 11.0. The topological polar surface area (TPSA) is 58.4 Å². The predicted molar refractivity (Wildman–Crippen MR) is 80.9 cm³/mol. The number of benzene rings is 1. The van der Waals surface area contributed by atoms with Crippen LogP contribution in [-0.4, -0.2) is 30.5 Å². The second kappa shape index (κ2) is 6.70. The number of hydrogen-bond donors (Lipinski definition) is 1. The Hall–Kier alpha value is -1.62. The maximum Gasteiger partial charge on any atom is 0.292 e. The van der Waals surface area contributed by atoms with E-state index in [0.29, 0.717) is 5.69 Å². The normalized spacial score (nSPS) is 15.8. The lowest BCUT2D eigenvalue weighted by Gasteiger charge is -2.22. The number of nitrogens with one attached hydrogen (secondary N) is 1. The summed E-state index contributed by atoms with van der Waals surface area (Å²) < 4.78 is 0. The molecule has 1 saturated carbocycles. The van der Waals surface area contributed by atoms with Crippen molar-refractivity contribution in [1.29, 1.82) is 0 Å². The van der Waals surface area contributed by atoms with Crippen molar-refractivity contribution in [3.05, 3.63) is 33.9 Å². The molecule has 0 aliphatic heterocycles. The lowest BCUT2D eigenvalue weighted by molar-refractivity contribution is -0.384. The molecule has 1 N–H and O–H groups in total. The van der Waals surface area contributed by atoms with Crippen LogP contribution in [0.4, 0.5) is 11.4 Å². The molecule has 20 heavy (non-hydrogen) atoms. The monoisotopic (exact) mass is 277 g/mol. The molecule has 1 aromatic carbocycles. The fourth-order valence-electron chi connectivity index (χ4n) is 3.15. The van der Waals surface area contributed by atoms with Gasteiger partial charge in [-0.2, -0.15) is 0 Å². The summed E-state index contributed by atoms with van der Waals surface area (Å²) >= 11 is 0. The Morgan fingerprint density at radius 2 is 2.10 bits per heavy atom. The van der Waals surface area contributed by atoms with Gasteiger partial charge in [0.05, 0.1) is 4.92 Å². The molecule has 110 valence electrons. The number of nitro groups is 1. The average Bonchev–Trinajstić information content (AvgIpc) is 2.91. The molecule has 5 nitrogen and oxygen atoms in total. The summed E-state index contributed by atoms with van der Waals surface area (Å²) in [5.41, 5.74) is 1.78. The highest BCUT2D eigenvalue weighted by Gasteiger charge is 2.20. The molecular weight excluding hydrogens is 254 g/mol. The highest BCUT2D eigenvalue weighted by Crippen LogP contribution is 2.30. The van der Waals surface area contributed by atoms with Gasteiger partial charge in [-0.05, 0) is 31.4 Å². The van der Waals surface area contributed by atoms with Crippen LogP contribution in [0, 0.1) is 16.0 Å². The van der Waals surface area contributed by atoms with Crippen molar-refractivity contribution in [2.45, 2.75) is 32.2 Å². The Labute approximate surface area is 120 Å². The molecule has 0 unspecified atom stereocenters. The molecule has 1 aliphatic rings. The van der Waals surface area contributed by atoms with E-state index in [1.807, 2.05) is 6.07 Å². The number of rotatable bonds is 6. The van der Waals surface area contributed by atoms with Crippen LogP contribution in [0.15, 0.2) is 18.2 Å². The Kier molecular flexibility index (Phi) is 4.95. The van der Waals surface area contributed by atoms with E-state index in [1.54, 1.807) is 19.2 Å². The predicted octanol–water partition coefficient (Wildman–Crippen LogP) is 3.26. The van der Waals surface area contributed by atoms with E-state index in [-0.39, 0.29) is 10.6 Å². The largest absolute Gasteiger partial charge is 0.382 e. The number of nitro benzene ring substituents is 1. The Balaban J connectivity index is 2.07. The van der Waals surface area contributed by atoms with E-state index in [2.05, 4.69) is 17.3 Å². The highest BCUT2D eigenvalue weighted by atomic mass is 16.6. The van der Waals surface area contributed by atoms with E-state index in [9.17, 15) is 10.1 Å². The minimum absolute atomic E-state index is 0.152. The van der Waals surface area contributed by atoms with Crippen LogP contribution in [0.5, 0.6) is 0 Å². The van der Waals surface area contributed by atoms with Gasteiger partial charge in [0.25, 0.3) is 5.69 Å². The van der Waals surface area contributed by atoms with Gasteiger partial charge in [-0.1, -0.05) is 25.0 Å². The molecule has 0 aromatic heterocycles. The standard InChI is InChI=1S/C15H23N3O2/c1-16-15-13(8-5-9-14(15)18(19)20)11-17(2)10-12-6-3-4-7-12/h5,8-9,12,16H,3-4,6-7,10-11H2,1-2H3. The third-order valence-electron chi connectivity index (χ3n) is 4.06. The minimum atomic E-state index is -0.327. The van der Waals surface area contributed by atoms with Crippen LogP contribution in [0.25, 0.3) is 0 Å². The van der Waals surface area contributed by atoms with Crippen molar-refractivity contribution >= 4 is 11.4 Å². The van der Waals surface area contributed by atoms with Gasteiger partial charge in [0.1, 0.15) is 5.69 Å². The summed E-state index contributed by atoms with van der Waals surface area (Å²) in [7, 11) is 3.83. The molecule has 1 aromatic rings. The van der Waals surface area contributed by atoms with Crippen LogP contribution < -0.4 is 5.32 Å². The maximum atomic E-state index is 11.0. The van der Waals surface area contributed by atoms with Gasteiger partial charge >= 0.3 is 0 Å². The van der Waals surface area contributed by atoms with Gasteiger partial charge in [0.15, 0.2) is 0 Å². The molecule has 0 spiro atoms. The molecule has 1 aliphatic carbocycles. The first-order valence-electron chi connectivity index (χ1n) is 7.24. The van der Waals surface area contributed by atoms with E-state index < -0.39 is 0 Å². The number of hydrogen-bond acceptors (Lipinski definition) is 4. The summed E-state index contributed by atoms with van der Waals surface area (Å²) in [6.07, 6.45) is 5.32. The highest BCUT2D eigenvalue weighted by molar-refractivity contribution is 5.66. The first-order chi connectivity index (χ1) is 9.61. The lowest BCUT2D eigenvalue weighted by Crippen LogP contribution is -2.24. The Morgan fingerprint density at radius 3 is 2.70 bits per heavy atom. The van der Waals surface area contributed by atoms with Crippen molar-refractivity contribution in [2.24, 2.45) is 5.92 Å². The molecule has 0 saturated heterocycles. The van der Waals surface area contributed by atoms with E-state index in [1.165, 1.54) is 25.7 Å².